The van der Waals surface area contributed by atoms with Crippen LogP contribution in [0.2, 0.25) is 0 Å². The van der Waals surface area contributed by atoms with Crippen LogP contribution in [0, 0.1) is 11.8 Å². The van der Waals surface area contributed by atoms with Crippen molar-refractivity contribution in [3.8, 4) is 11.8 Å². The zero-order valence-electron chi connectivity index (χ0n) is 10.1. The molecular weight excluding hydrogens is 230 g/mol. The van der Waals surface area contributed by atoms with E-state index in [4.69, 9.17) is 4.74 Å². The Hall–Kier alpha value is -2.28. The molecule has 0 bridgehead atoms. The molecule has 0 saturated carbocycles. The average molecular weight is 243 g/mol. The Kier molecular flexibility index (Phi) is 3.63. The Morgan fingerprint density at radius 1 is 1.50 bits per heavy atom. The Morgan fingerprint density at radius 2 is 2.33 bits per heavy atom. The highest BCUT2D eigenvalue weighted by molar-refractivity contribution is 5.99. The molecule has 4 heteroatoms. The van der Waals surface area contributed by atoms with E-state index in [0.717, 1.165) is 16.8 Å². The van der Waals surface area contributed by atoms with Crippen LogP contribution in [0.15, 0.2) is 18.2 Å². The highest BCUT2D eigenvalue weighted by Gasteiger charge is 2.16. The first-order chi connectivity index (χ1) is 8.69. The fourth-order valence-corrected chi connectivity index (χ4v) is 1.72. The SMILES string of the molecule is CCOC(=O)CC#Cc1ccc2c(c1)NC(=O)C2. The zero-order chi connectivity index (χ0) is 13.0. The summed E-state index contributed by atoms with van der Waals surface area (Å²) in [5.74, 6) is 5.31. The van der Waals surface area contributed by atoms with Crippen molar-refractivity contribution in [2.24, 2.45) is 0 Å². The number of carbonyl (C=O) groups excluding carboxylic acids is 2. The Balaban J connectivity index is 2.03. The van der Waals surface area contributed by atoms with E-state index < -0.39 is 0 Å². The number of rotatable bonds is 2. The van der Waals surface area contributed by atoms with Crippen LogP contribution in [-0.4, -0.2) is 18.5 Å². The van der Waals surface area contributed by atoms with Crippen LogP contribution >= 0.6 is 0 Å². The molecule has 0 fully saturated rings. The van der Waals surface area contributed by atoms with Gasteiger partial charge in [-0.3, -0.25) is 9.59 Å². The largest absolute Gasteiger partial charge is 0.465 e. The Labute approximate surface area is 105 Å². The molecule has 1 amide bonds. The van der Waals surface area contributed by atoms with Crippen molar-refractivity contribution in [3.05, 3.63) is 29.3 Å². The van der Waals surface area contributed by atoms with Crippen molar-refractivity contribution in [2.75, 3.05) is 11.9 Å². The predicted octanol–water partition coefficient (Wildman–Crippen LogP) is 1.49. The maximum absolute atomic E-state index is 11.2. The smallest absolute Gasteiger partial charge is 0.317 e. The molecule has 1 aliphatic rings. The summed E-state index contributed by atoms with van der Waals surface area (Å²) in [6.07, 6.45) is 0.503. The second-order valence-electron chi connectivity index (χ2n) is 3.88. The maximum Gasteiger partial charge on any atom is 0.317 e. The van der Waals surface area contributed by atoms with Gasteiger partial charge in [-0.2, -0.15) is 0 Å². The van der Waals surface area contributed by atoms with Gasteiger partial charge in [-0.1, -0.05) is 17.9 Å². The monoisotopic (exact) mass is 243 g/mol. The summed E-state index contributed by atoms with van der Waals surface area (Å²) in [4.78, 5) is 22.3. The number of esters is 1. The minimum absolute atomic E-state index is 0.00151. The van der Waals surface area contributed by atoms with Gasteiger partial charge in [0.15, 0.2) is 0 Å². The lowest BCUT2D eigenvalue weighted by atomic mass is 10.1. The summed E-state index contributed by atoms with van der Waals surface area (Å²) >= 11 is 0. The summed E-state index contributed by atoms with van der Waals surface area (Å²) < 4.78 is 4.77. The molecular formula is C14H13NO3. The lowest BCUT2D eigenvalue weighted by Gasteiger charge is -1.98. The number of benzene rings is 1. The highest BCUT2D eigenvalue weighted by Crippen LogP contribution is 2.23. The van der Waals surface area contributed by atoms with Gasteiger partial charge < -0.3 is 10.1 Å². The summed E-state index contributed by atoms with van der Waals surface area (Å²) in [5.41, 5.74) is 2.57. The van der Waals surface area contributed by atoms with Gasteiger partial charge in [0.1, 0.15) is 6.42 Å². The van der Waals surface area contributed by atoms with E-state index in [0.29, 0.717) is 13.0 Å². The third kappa shape index (κ3) is 2.89. The van der Waals surface area contributed by atoms with E-state index >= 15 is 0 Å². The van der Waals surface area contributed by atoms with Crippen molar-refractivity contribution in [1.82, 2.24) is 0 Å². The minimum Gasteiger partial charge on any atom is -0.465 e. The molecule has 1 heterocycles. The number of hydrogen-bond acceptors (Lipinski definition) is 3. The van der Waals surface area contributed by atoms with Gasteiger partial charge in [-0.25, -0.2) is 0 Å². The van der Waals surface area contributed by atoms with Crippen LogP contribution in [0.4, 0.5) is 5.69 Å². The van der Waals surface area contributed by atoms with Crippen LogP contribution in [0.5, 0.6) is 0 Å². The van der Waals surface area contributed by atoms with Crippen molar-refractivity contribution < 1.29 is 14.3 Å². The molecule has 1 aromatic rings. The van der Waals surface area contributed by atoms with Crippen molar-refractivity contribution in [3.63, 3.8) is 0 Å². The summed E-state index contributed by atoms with van der Waals surface area (Å²) in [6, 6.07) is 5.54. The lowest BCUT2D eigenvalue weighted by molar-refractivity contribution is -0.141. The summed E-state index contributed by atoms with van der Waals surface area (Å²) in [7, 11) is 0. The number of nitrogens with one attached hydrogen (secondary N) is 1. The normalized spacial score (nSPS) is 12.2. The third-order valence-electron chi connectivity index (χ3n) is 2.51. The fraction of sp³-hybridized carbons (Fsp3) is 0.286. The molecule has 0 unspecified atom stereocenters. The lowest BCUT2D eigenvalue weighted by Crippen LogP contribution is -2.03. The van der Waals surface area contributed by atoms with Gasteiger partial charge in [-0.15, -0.1) is 0 Å². The first-order valence-corrected chi connectivity index (χ1v) is 5.76. The van der Waals surface area contributed by atoms with Crippen molar-refractivity contribution in [2.45, 2.75) is 19.8 Å². The van der Waals surface area contributed by atoms with Crippen LogP contribution < -0.4 is 5.32 Å². The number of amides is 1. The molecule has 4 nitrogen and oxygen atoms in total. The molecule has 0 spiro atoms. The number of carbonyl (C=O) groups is 2. The molecule has 92 valence electrons. The van der Waals surface area contributed by atoms with Crippen LogP contribution in [0.3, 0.4) is 0 Å². The highest BCUT2D eigenvalue weighted by atomic mass is 16.5. The van der Waals surface area contributed by atoms with Crippen LogP contribution in [0.25, 0.3) is 0 Å². The van der Waals surface area contributed by atoms with E-state index in [2.05, 4.69) is 17.2 Å². The maximum atomic E-state index is 11.2. The molecule has 1 aliphatic heterocycles. The molecule has 0 aliphatic carbocycles. The Bertz CT molecular complexity index is 552. The van der Waals surface area contributed by atoms with E-state index in [-0.39, 0.29) is 18.3 Å². The van der Waals surface area contributed by atoms with Gasteiger partial charge >= 0.3 is 5.97 Å². The molecule has 0 radical (unpaired) electrons. The van der Waals surface area contributed by atoms with Crippen molar-refractivity contribution in [1.29, 1.82) is 0 Å². The standard InChI is InChI=1S/C14H13NO3/c1-2-18-14(17)5-3-4-10-6-7-11-9-13(16)15-12(11)8-10/h6-8H,2,5,9H2,1H3,(H,15,16). The molecule has 0 saturated heterocycles. The second-order valence-corrected chi connectivity index (χ2v) is 3.88. The topological polar surface area (TPSA) is 55.4 Å². The first-order valence-electron chi connectivity index (χ1n) is 5.76. The zero-order valence-corrected chi connectivity index (χ0v) is 10.1. The molecule has 18 heavy (non-hydrogen) atoms. The van der Waals surface area contributed by atoms with Gasteiger partial charge in [0, 0.05) is 11.3 Å². The quantitative estimate of drug-likeness (QED) is 0.632. The summed E-state index contributed by atoms with van der Waals surface area (Å²) in [5, 5.41) is 2.76. The number of hydrogen-bond donors (Lipinski definition) is 1. The number of fused-ring (bicyclic) bond motifs is 1. The predicted molar refractivity (Wildman–Crippen MR) is 66.9 cm³/mol. The molecule has 1 aromatic carbocycles. The van der Waals surface area contributed by atoms with Crippen LogP contribution in [-0.2, 0) is 20.7 Å². The summed E-state index contributed by atoms with van der Waals surface area (Å²) in [6.45, 7) is 2.12. The fourth-order valence-electron chi connectivity index (χ4n) is 1.72. The van der Waals surface area contributed by atoms with Crippen LogP contribution in [0.1, 0.15) is 24.5 Å². The number of ether oxygens (including phenoxy) is 1. The van der Waals surface area contributed by atoms with E-state index in [9.17, 15) is 9.59 Å². The van der Waals surface area contributed by atoms with E-state index in [1.807, 2.05) is 18.2 Å². The van der Waals surface area contributed by atoms with Gasteiger partial charge in [0.25, 0.3) is 0 Å². The molecule has 2 rings (SSSR count). The van der Waals surface area contributed by atoms with Gasteiger partial charge in [-0.05, 0) is 24.6 Å². The minimum atomic E-state index is -0.320. The molecule has 0 atom stereocenters. The van der Waals surface area contributed by atoms with E-state index in [1.54, 1.807) is 6.92 Å². The van der Waals surface area contributed by atoms with Gasteiger partial charge in [0.05, 0.1) is 13.0 Å². The number of anilines is 1. The van der Waals surface area contributed by atoms with E-state index in [1.165, 1.54) is 0 Å². The molecule has 1 N–H and O–H groups in total. The van der Waals surface area contributed by atoms with Crippen molar-refractivity contribution >= 4 is 17.6 Å². The average Bonchev–Trinajstić information content (AvgIpc) is 2.69. The first kappa shape index (κ1) is 12.2. The second kappa shape index (κ2) is 5.37. The molecule has 0 aromatic heterocycles. The van der Waals surface area contributed by atoms with Gasteiger partial charge in [0.2, 0.25) is 5.91 Å². The third-order valence-corrected chi connectivity index (χ3v) is 2.51. The Morgan fingerprint density at radius 3 is 3.11 bits per heavy atom.